The van der Waals surface area contributed by atoms with Crippen molar-refractivity contribution < 1.29 is 9.59 Å². The van der Waals surface area contributed by atoms with Gasteiger partial charge in [-0.1, -0.05) is 25.1 Å². The summed E-state index contributed by atoms with van der Waals surface area (Å²) in [5.74, 6) is 0.0451. The van der Waals surface area contributed by atoms with Gasteiger partial charge in [0.25, 0.3) is 5.91 Å². The number of para-hydroxylation sites is 1. The lowest BCUT2D eigenvalue weighted by atomic mass is 9.75. The number of thiazole rings is 1. The lowest BCUT2D eigenvalue weighted by molar-refractivity contribution is -0.124. The minimum atomic E-state index is -0.610. The monoisotopic (exact) mass is 369 g/mol. The summed E-state index contributed by atoms with van der Waals surface area (Å²) in [7, 11) is 1.83. The number of benzene rings is 1. The van der Waals surface area contributed by atoms with Gasteiger partial charge >= 0.3 is 0 Å². The van der Waals surface area contributed by atoms with E-state index in [1.54, 1.807) is 16.2 Å². The number of amides is 2. The van der Waals surface area contributed by atoms with Crippen LogP contribution in [0.5, 0.6) is 0 Å². The molecule has 1 spiro atoms. The third-order valence-electron chi connectivity index (χ3n) is 5.51. The number of piperidine rings is 1. The SMILES string of the molecule is CCCc1nc(C(=O)N2CCC[C@]3(C2)C(=O)N(C)c2ccccc23)cs1. The van der Waals surface area contributed by atoms with Crippen molar-refractivity contribution in [3.8, 4) is 0 Å². The topological polar surface area (TPSA) is 53.5 Å². The van der Waals surface area contributed by atoms with Crippen LogP contribution in [0.2, 0.25) is 0 Å². The molecule has 26 heavy (non-hydrogen) atoms. The fourth-order valence-electron chi connectivity index (χ4n) is 4.24. The largest absolute Gasteiger partial charge is 0.336 e. The quantitative estimate of drug-likeness (QED) is 0.835. The van der Waals surface area contributed by atoms with Crippen LogP contribution in [0.1, 0.15) is 47.2 Å². The van der Waals surface area contributed by atoms with Crippen molar-refractivity contribution in [2.24, 2.45) is 0 Å². The van der Waals surface area contributed by atoms with E-state index in [0.29, 0.717) is 18.8 Å². The zero-order valence-corrected chi connectivity index (χ0v) is 16.0. The second-order valence-electron chi connectivity index (χ2n) is 7.17. The number of hydrogen-bond donors (Lipinski definition) is 0. The van der Waals surface area contributed by atoms with Gasteiger partial charge in [-0.05, 0) is 37.3 Å². The fourth-order valence-corrected chi connectivity index (χ4v) is 5.11. The molecule has 5 nitrogen and oxygen atoms in total. The first kappa shape index (κ1) is 17.2. The molecule has 2 aliphatic heterocycles. The normalized spacial score (nSPS) is 22.2. The van der Waals surface area contributed by atoms with Gasteiger partial charge < -0.3 is 9.80 Å². The molecule has 0 aliphatic carbocycles. The molecule has 2 aliphatic rings. The van der Waals surface area contributed by atoms with Crippen LogP contribution < -0.4 is 4.90 Å². The van der Waals surface area contributed by atoms with Gasteiger partial charge in [0.2, 0.25) is 5.91 Å². The zero-order chi connectivity index (χ0) is 18.3. The first-order valence-electron chi connectivity index (χ1n) is 9.18. The lowest BCUT2D eigenvalue weighted by Crippen LogP contribution is -2.53. The molecule has 136 valence electrons. The molecule has 6 heteroatoms. The number of aromatic nitrogens is 1. The molecular formula is C20H23N3O2S. The third-order valence-corrected chi connectivity index (χ3v) is 6.42. The average Bonchev–Trinajstić information content (AvgIpc) is 3.21. The van der Waals surface area contributed by atoms with Gasteiger partial charge in [-0.15, -0.1) is 11.3 Å². The van der Waals surface area contributed by atoms with Gasteiger partial charge in [-0.25, -0.2) is 4.98 Å². The predicted molar refractivity (Wildman–Crippen MR) is 103 cm³/mol. The van der Waals surface area contributed by atoms with Gasteiger partial charge in [0, 0.05) is 31.2 Å². The number of likely N-dealkylation sites (tertiary alicyclic amines) is 1. The molecule has 2 aromatic rings. The first-order valence-corrected chi connectivity index (χ1v) is 10.1. The van der Waals surface area contributed by atoms with E-state index in [4.69, 9.17) is 0 Å². The van der Waals surface area contributed by atoms with Crippen LogP contribution in [0.15, 0.2) is 29.6 Å². The molecule has 1 aromatic carbocycles. The minimum Gasteiger partial charge on any atom is -0.336 e. The van der Waals surface area contributed by atoms with Gasteiger partial charge in [0.05, 0.1) is 10.4 Å². The second-order valence-corrected chi connectivity index (χ2v) is 8.11. The highest BCUT2D eigenvalue weighted by atomic mass is 32.1. The van der Waals surface area contributed by atoms with E-state index in [-0.39, 0.29) is 11.8 Å². The summed E-state index contributed by atoms with van der Waals surface area (Å²) < 4.78 is 0. The Bertz CT molecular complexity index is 862. The Morgan fingerprint density at radius 2 is 2.15 bits per heavy atom. The standard InChI is InChI=1S/C20H23N3O2S/c1-3-7-17-21-15(12-26-17)18(24)23-11-6-10-20(13-23)14-8-4-5-9-16(14)22(2)19(20)25/h4-5,8-9,12H,3,6-7,10-11,13H2,1-2H3/t20-/m1/s1. The maximum atomic E-state index is 13.1. The summed E-state index contributed by atoms with van der Waals surface area (Å²) in [5, 5.41) is 2.86. The summed E-state index contributed by atoms with van der Waals surface area (Å²) in [6.45, 7) is 3.23. The van der Waals surface area contributed by atoms with Crippen molar-refractivity contribution in [2.45, 2.75) is 38.0 Å². The lowest BCUT2D eigenvalue weighted by Gasteiger charge is -2.39. The fraction of sp³-hybridized carbons (Fsp3) is 0.450. The van der Waals surface area contributed by atoms with Crippen LogP contribution in [-0.2, 0) is 16.6 Å². The Kier molecular flexibility index (Phi) is 4.31. The van der Waals surface area contributed by atoms with Crippen molar-refractivity contribution in [1.82, 2.24) is 9.88 Å². The van der Waals surface area contributed by atoms with Gasteiger partial charge in [0.1, 0.15) is 5.69 Å². The number of anilines is 1. The molecule has 0 radical (unpaired) electrons. The first-order chi connectivity index (χ1) is 12.6. The maximum Gasteiger partial charge on any atom is 0.273 e. The van der Waals surface area contributed by atoms with Crippen LogP contribution in [0, 0.1) is 0 Å². The summed E-state index contributed by atoms with van der Waals surface area (Å²) in [4.78, 5) is 34.2. The minimum absolute atomic E-state index is 0.0532. The second kappa shape index (κ2) is 6.50. The molecule has 0 unspecified atom stereocenters. The number of aryl methyl sites for hydroxylation is 1. The number of fused-ring (bicyclic) bond motifs is 2. The molecule has 0 saturated carbocycles. The Balaban J connectivity index is 1.63. The maximum absolute atomic E-state index is 13.1. The highest BCUT2D eigenvalue weighted by molar-refractivity contribution is 7.09. The third kappa shape index (κ3) is 2.55. The number of nitrogens with zero attached hydrogens (tertiary/aromatic N) is 3. The van der Waals surface area contributed by atoms with E-state index < -0.39 is 5.41 Å². The van der Waals surface area contributed by atoms with E-state index in [1.165, 1.54) is 0 Å². The van der Waals surface area contributed by atoms with Crippen LogP contribution in [-0.4, -0.2) is 41.8 Å². The van der Waals surface area contributed by atoms with Crippen molar-refractivity contribution in [2.75, 3.05) is 25.0 Å². The van der Waals surface area contributed by atoms with E-state index in [1.807, 2.05) is 41.6 Å². The highest BCUT2D eigenvalue weighted by Crippen LogP contribution is 2.46. The molecule has 1 saturated heterocycles. The molecule has 1 aromatic heterocycles. The smallest absolute Gasteiger partial charge is 0.273 e. The predicted octanol–water partition coefficient (Wildman–Crippen LogP) is 3.25. The molecule has 4 rings (SSSR count). The van der Waals surface area contributed by atoms with Crippen LogP contribution in [0.4, 0.5) is 5.69 Å². The molecule has 0 N–H and O–H groups in total. The van der Waals surface area contributed by atoms with Crippen LogP contribution in [0.3, 0.4) is 0 Å². The summed E-state index contributed by atoms with van der Waals surface area (Å²) in [5.41, 5.74) is 1.92. The molecule has 2 amide bonds. The Morgan fingerprint density at radius 1 is 1.35 bits per heavy atom. The van der Waals surface area contributed by atoms with Crippen LogP contribution in [0.25, 0.3) is 0 Å². The van der Waals surface area contributed by atoms with Crippen molar-refractivity contribution in [1.29, 1.82) is 0 Å². The van der Waals surface area contributed by atoms with Gasteiger partial charge in [-0.2, -0.15) is 0 Å². The molecule has 3 heterocycles. The van der Waals surface area contributed by atoms with E-state index in [9.17, 15) is 9.59 Å². The molecular weight excluding hydrogens is 346 g/mol. The summed E-state index contributed by atoms with van der Waals surface area (Å²) >= 11 is 1.55. The zero-order valence-electron chi connectivity index (χ0n) is 15.2. The van der Waals surface area contributed by atoms with Gasteiger partial charge in [-0.3, -0.25) is 9.59 Å². The Labute approximate surface area is 157 Å². The number of hydrogen-bond acceptors (Lipinski definition) is 4. The van der Waals surface area contributed by atoms with E-state index >= 15 is 0 Å². The Hall–Kier alpha value is -2.21. The average molecular weight is 369 g/mol. The van der Waals surface area contributed by atoms with Crippen molar-refractivity contribution >= 4 is 28.8 Å². The number of carbonyl (C=O) groups excluding carboxylic acids is 2. The van der Waals surface area contributed by atoms with Gasteiger partial charge in [0.15, 0.2) is 0 Å². The van der Waals surface area contributed by atoms with Crippen LogP contribution >= 0.6 is 11.3 Å². The number of likely N-dealkylation sites (N-methyl/N-ethyl adjacent to an activating group) is 1. The molecule has 0 bridgehead atoms. The number of rotatable bonds is 3. The molecule has 1 fully saturated rings. The summed E-state index contributed by atoms with van der Waals surface area (Å²) in [6, 6.07) is 7.95. The molecule has 1 atom stereocenters. The summed E-state index contributed by atoms with van der Waals surface area (Å²) in [6.07, 6.45) is 3.53. The van der Waals surface area contributed by atoms with E-state index in [2.05, 4.69) is 11.9 Å². The van der Waals surface area contributed by atoms with Crippen molar-refractivity contribution in [3.05, 3.63) is 45.9 Å². The highest BCUT2D eigenvalue weighted by Gasteiger charge is 2.52. The number of carbonyl (C=O) groups is 2. The van der Waals surface area contributed by atoms with E-state index in [0.717, 1.165) is 41.9 Å². The Morgan fingerprint density at radius 3 is 2.96 bits per heavy atom. The van der Waals surface area contributed by atoms with Crippen molar-refractivity contribution in [3.63, 3.8) is 0 Å².